The zero-order chi connectivity index (χ0) is 17.9. The maximum absolute atomic E-state index is 12.8. The van der Waals surface area contributed by atoms with Crippen LogP contribution in [0.4, 0.5) is 0 Å². The van der Waals surface area contributed by atoms with Crippen molar-refractivity contribution in [1.29, 1.82) is 0 Å². The molecule has 1 aromatic carbocycles. The van der Waals surface area contributed by atoms with E-state index >= 15 is 0 Å². The second-order valence-electron chi connectivity index (χ2n) is 5.44. The van der Waals surface area contributed by atoms with E-state index < -0.39 is 13.7 Å². The maximum atomic E-state index is 12.8. The smallest absolute Gasteiger partial charge is 0.427 e. The molecule has 0 saturated heterocycles. The molecular weight excluding hydrogens is 333 g/mol. The van der Waals surface area contributed by atoms with Crippen LogP contribution in [-0.4, -0.2) is 26.5 Å². The van der Waals surface area contributed by atoms with Gasteiger partial charge in [0.05, 0.1) is 6.42 Å². The summed E-state index contributed by atoms with van der Waals surface area (Å²) < 4.78 is 11.2. The predicted octanol–water partition coefficient (Wildman–Crippen LogP) is 1.92. The van der Waals surface area contributed by atoms with Crippen LogP contribution in [0.2, 0.25) is 0 Å². The number of rotatable bonds is 6. The summed E-state index contributed by atoms with van der Waals surface area (Å²) >= 11 is 0. The van der Waals surface area contributed by atoms with Crippen molar-refractivity contribution in [3.05, 3.63) is 53.3 Å². The van der Waals surface area contributed by atoms with Crippen LogP contribution in [0.15, 0.2) is 47.7 Å². The number of allylic oxidation sites excluding steroid dienone is 4. The predicted molar refractivity (Wildman–Crippen MR) is 87.1 cm³/mol. The Balaban J connectivity index is 2.40. The monoisotopic (exact) mass is 351 g/mol. The molecule has 0 spiro atoms. The summed E-state index contributed by atoms with van der Waals surface area (Å²) in [4.78, 5) is 42.5. The second-order valence-corrected chi connectivity index (χ2v) is 6.75. The first kappa shape index (κ1) is 18.1. The van der Waals surface area contributed by atoms with Gasteiger partial charge in [0.1, 0.15) is 5.75 Å². The quantitative estimate of drug-likeness (QED) is 0.577. The van der Waals surface area contributed by atoms with Crippen molar-refractivity contribution >= 4 is 19.3 Å². The van der Waals surface area contributed by atoms with E-state index in [-0.39, 0.29) is 35.0 Å². The number of nitrogens with one attached hydrogen (secondary N) is 1. The van der Waals surface area contributed by atoms with Crippen LogP contribution in [-0.2, 0) is 14.2 Å². The first-order chi connectivity index (χ1) is 11.2. The van der Waals surface area contributed by atoms with Crippen LogP contribution in [0, 0.1) is 0 Å². The fourth-order valence-electron chi connectivity index (χ4n) is 2.58. The van der Waals surface area contributed by atoms with E-state index in [0.717, 1.165) is 0 Å². The molecule has 1 aliphatic carbocycles. The number of carbonyl (C=O) groups is 2. The molecule has 128 valence electrons. The Kier molecular flexibility index (Phi) is 5.39. The lowest BCUT2D eigenvalue weighted by atomic mass is 9.85. The summed E-state index contributed by atoms with van der Waals surface area (Å²) in [5.41, 5.74) is 0.685. The third kappa shape index (κ3) is 4.41. The van der Waals surface area contributed by atoms with Crippen molar-refractivity contribution in [1.82, 2.24) is 5.09 Å². The van der Waals surface area contributed by atoms with Gasteiger partial charge >= 0.3 is 7.75 Å². The number of aromatic hydroxyl groups is 1. The first-order valence-electron chi connectivity index (χ1n) is 7.32. The zero-order valence-electron chi connectivity index (χ0n) is 13.0. The molecule has 24 heavy (non-hydrogen) atoms. The average Bonchev–Trinajstić information content (AvgIpc) is 2.48. The van der Waals surface area contributed by atoms with Gasteiger partial charge in [0, 0.05) is 17.2 Å². The van der Waals surface area contributed by atoms with Crippen LogP contribution in [0.3, 0.4) is 0 Å². The molecule has 1 aromatic rings. The van der Waals surface area contributed by atoms with Crippen molar-refractivity contribution in [3.63, 3.8) is 0 Å². The Morgan fingerprint density at radius 1 is 1.25 bits per heavy atom. The van der Waals surface area contributed by atoms with Gasteiger partial charge < -0.3 is 14.9 Å². The normalized spacial score (nSPS) is 16.2. The van der Waals surface area contributed by atoms with Gasteiger partial charge in [-0.2, -0.15) is 0 Å². The topological polar surface area (TPSA) is 124 Å². The molecule has 0 radical (unpaired) electrons. The van der Waals surface area contributed by atoms with E-state index in [9.17, 15) is 19.3 Å². The lowest BCUT2D eigenvalue weighted by Gasteiger charge is -2.21. The fraction of sp³-hybridized carbons (Fsp3) is 0.250. The number of ketones is 2. The van der Waals surface area contributed by atoms with E-state index in [4.69, 9.17) is 9.79 Å². The summed E-state index contributed by atoms with van der Waals surface area (Å²) in [5, 5.41) is 11.3. The van der Waals surface area contributed by atoms with Crippen molar-refractivity contribution in [2.75, 3.05) is 0 Å². The van der Waals surface area contributed by atoms with Crippen LogP contribution in [0.25, 0.3) is 0 Å². The van der Waals surface area contributed by atoms with E-state index in [1.54, 1.807) is 12.1 Å². The molecule has 0 aliphatic heterocycles. The number of benzene rings is 1. The van der Waals surface area contributed by atoms with E-state index in [0.29, 0.717) is 12.0 Å². The summed E-state index contributed by atoms with van der Waals surface area (Å²) in [7, 11) is -4.63. The molecule has 0 amide bonds. The molecule has 0 bridgehead atoms. The van der Waals surface area contributed by atoms with Gasteiger partial charge in [0.15, 0.2) is 11.6 Å². The van der Waals surface area contributed by atoms with E-state index in [1.807, 2.05) is 12.0 Å². The standard InChI is InChI=1S/C16H18NO6P/c1-2-13(10-3-5-11(18)6-4-10)16(20)14-8-7-12(19)9-15(14)17-24(21,22)23/h3-8,13,18H,2,9H2,1H3,(H3,17,21,22,23). The van der Waals surface area contributed by atoms with Gasteiger partial charge in [0.25, 0.3) is 0 Å². The number of hydrogen-bond donors (Lipinski definition) is 4. The van der Waals surface area contributed by atoms with Crippen molar-refractivity contribution in [2.24, 2.45) is 0 Å². The van der Waals surface area contributed by atoms with Crippen LogP contribution in [0.5, 0.6) is 5.75 Å². The fourth-order valence-corrected chi connectivity index (χ4v) is 3.13. The SMILES string of the molecule is CCC(C(=O)C1=C(NP(=O)(O)O)CC(=O)C=C1)c1ccc(O)cc1. The summed E-state index contributed by atoms with van der Waals surface area (Å²) in [5.74, 6) is -1.16. The minimum atomic E-state index is -4.63. The Bertz CT molecular complexity index is 759. The molecule has 0 heterocycles. The molecule has 1 aliphatic rings. The van der Waals surface area contributed by atoms with Gasteiger partial charge in [-0.05, 0) is 36.3 Å². The largest absolute Gasteiger partial charge is 0.508 e. The number of hydrogen-bond acceptors (Lipinski definition) is 4. The van der Waals surface area contributed by atoms with Gasteiger partial charge in [-0.15, -0.1) is 0 Å². The number of Topliss-reactive ketones (excluding diaryl/α,β-unsaturated/α-hetero) is 1. The highest BCUT2D eigenvalue weighted by atomic mass is 31.2. The van der Waals surface area contributed by atoms with Crippen molar-refractivity contribution in [3.8, 4) is 5.75 Å². The molecule has 8 heteroatoms. The summed E-state index contributed by atoms with van der Waals surface area (Å²) in [6.07, 6.45) is 2.70. The third-order valence-electron chi connectivity index (χ3n) is 3.68. The first-order valence-corrected chi connectivity index (χ1v) is 8.93. The lowest BCUT2D eigenvalue weighted by molar-refractivity contribution is -0.116. The molecule has 1 unspecified atom stereocenters. The van der Waals surface area contributed by atoms with E-state index in [1.165, 1.54) is 24.3 Å². The average molecular weight is 351 g/mol. The molecule has 4 N–H and O–H groups in total. The van der Waals surface area contributed by atoms with Gasteiger partial charge in [-0.25, -0.2) is 4.57 Å². The molecule has 0 fully saturated rings. The third-order valence-corrected chi connectivity index (χ3v) is 4.24. The molecule has 0 saturated carbocycles. The van der Waals surface area contributed by atoms with Crippen LogP contribution >= 0.6 is 7.75 Å². The highest BCUT2D eigenvalue weighted by molar-refractivity contribution is 7.49. The van der Waals surface area contributed by atoms with Gasteiger partial charge in [-0.1, -0.05) is 19.1 Å². The Hall–Kier alpha value is -2.21. The van der Waals surface area contributed by atoms with Crippen LogP contribution < -0.4 is 5.09 Å². The Morgan fingerprint density at radius 2 is 1.88 bits per heavy atom. The minimum Gasteiger partial charge on any atom is -0.508 e. The zero-order valence-corrected chi connectivity index (χ0v) is 13.9. The molecule has 7 nitrogen and oxygen atoms in total. The van der Waals surface area contributed by atoms with Gasteiger partial charge in [-0.3, -0.25) is 14.7 Å². The van der Waals surface area contributed by atoms with E-state index in [2.05, 4.69) is 0 Å². The second kappa shape index (κ2) is 7.13. The Labute approximate surface area is 138 Å². The minimum absolute atomic E-state index is 0.0712. The molecule has 2 rings (SSSR count). The van der Waals surface area contributed by atoms with Crippen LogP contribution in [0.1, 0.15) is 31.2 Å². The number of phenols is 1. The molecular formula is C16H18NO6P. The molecule has 1 atom stereocenters. The maximum Gasteiger partial charge on any atom is 0.427 e. The number of phenolic OH excluding ortho intramolecular Hbond substituents is 1. The highest BCUT2D eigenvalue weighted by Gasteiger charge is 2.28. The summed E-state index contributed by atoms with van der Waals surface area (Å²) in [6, 6.07) is 6.18. The lowest BCUT2D eigenvalue weighted by Crippen LogP contribution is -2.23. The van der Waals surface area contributed by atoms with Crippen molar-refractivity contribution < 1.29 is 29.0 Å². The highest BCUT2D eigenvalue weighted by Crippen LogP contribution is 2.35. The Morgan fingerprint density at radius 3 is 2.42 bits per heavy atom. The van der Waals surface area contributed by atoms with Gasteiger partial charge in [0.2, 0.25) is 0 Å². The van der Waals surface area contributed by atoms with Crippen molar-refractivity contribution in [2.45, 2.75) is 25.7 Å². The number of carbonyl (C=O) groups excluding carboxylic acids is 2. The summed E-state index contributed by atoms with van der Waals surface area (Å²) in [6.45, 7) is 1.81. The molecule has 0 aromatic heterocycles.